The number of hydrogen-bond acceptors (Lipinski definition) is 1. The summed E-state index contributed by atoms with van der Waals surface area (Å²) in [5, 5.41) is 3.77. The molecule has 10 heavy (non-hydrogen) atoms. The molecule has 2 rings (SSSR count). The summed E-state index contributed by atoms with van der Waals surface area (Å²) in [4.78, 5) is 2.84. The van der Waals surface area contributed by atoms with Crippen LogP contribution in [0.5, 0.6) is 0 Å². The van der Waals surface area contributed by atoms with Gasteiger partial charge < -0.3 is 0 Å². The molecule has 3 atom stereocenters. The number of nitrogens with zero attached hydrogens (tertiary/aromatic N) is 3. The van der Waals surface area contributed by atoms with Crippen LogP contribution in [0.1, 0.15) is 12.8 Å². The minimum atomic E-state index is 0.255. The Bertz CT molecular complexity index is 201. The lowest BCUT2D eigenvalue weighted by atomic mass is 10.1. The van der Waals surface area contributed by atoms with Crippen LogP contribution in [0.3, 0.4) is 0 Å². The molecule has 0 amide bonds. The Labute approximate surface area is 59.4 Å². The maximum atomic E-state index is 8.22. The second-order valence-electron chi connectivity index (χ2n) is 2.99. The van der Waals surface area contributed by atoms with Gasteiger partial charge in [-0.15, -0.1) is 0 Å². The van der Waals surface area contributed by atoms with E-state index in [0.29, 0.717) is 11.8 Å². The highest BCUT2D eigenvalue weighted by Crippen LogP contribution is 2.41. The summed E-state index contributed by atoms with van der Waals surface area (Å²) in [7, 11) is 0. The Morgan fingerprint density at radius 1 is 1.30 bits per heavy atom. The van der Waals surface area contributed by atoms with Gasteiger partial charge in [0.25, 0.3) is 0 Å². The molecule has 0 radical (unpaired) electrons. The summed E-state index contributed by atoms with van der Waals surface area (Å²) in [6.45, 7) is 0. The van der Waals surface area contributed by atoms with E-state index in [0.717, 1.165) is 0 Å². The monoisotopic (exact) mass is 135 g/mol. The Morgan fingerprint density at radius 2 is 1.90 bits per heavy atom. The van der Waals surface area contributed by atoms with Crippen molar-refractivity contribution in [1.82, 2.24) is 0 Å². The molecule has 0 aromatic heterocycles. The molecule has 0 spiro atoms. The fraction of sp³-hybridized carbons (Fsp3) is 0.714. The fourth-order valence-electron chi connectivity index (χ4n) is 1.98. The van der Waals surface area contributed by atoms with Crippen molar-refractivity contribution in [2.75, 3.05) is 0 Å². The highest BCUT2D eigenvalue weighted by Gasteiger charge is 2.36. The van der Waals surface area contributed by atoms with Gasteiger partial charge >= 0.3 is 0 Å². The predicted octanol–water partition coefficient (Wildman–Crippen LogP) is 2.26. The van der Waals surface area contributed by atoms with Crippen LogP contribution in [-0.2, 0) is 0 Å². The molecule has 0 heterocycles. The van der Waals surface area contributed by atoms with Gasteiger partial charge in [-0.3, -0.25) is 0 Å². The van der Waals surface area contributed by atoms with E-state index in [-0.39, 0.29) is 6.04 Å². The van der Waals surface area contributed by atoms with Crippen molar-refractivity contribution in [3.8, 4) is 0 Å². The molecule has 2 bridgehead atoms. The third-order valence-electron chi connectivity index (χ3n) is 2.50. The van der Waals surface area contributed by atoms with E-state index in [9.17, 15) is 0 Å². The second kappa shape index (κ2) is 2.03. The Morgan fingerprint density at radius 3 is 2.30 bits per heavy atom. The summed E-state index contributed by atoms with van der Waals surface area (Å²) >= 11 is 0. The van der Waals surface area contributed by atoms with Crippen LogP contribution in [0.2, 0.25) is 0 Å². The predicted molar refractivity (Wildman–Crippen MR) is 38.3 cm³/mol. The Kier molecular flexibility index (Phi) is 1.18. The quantitative estimate of drug-likeness (QED) is 0.229. The average Bonchev–Trinajstić information content (AvgIpc) is 2.50. The van der Waals surface area contributed by atoms with Crippen LogP contribution in [0.4, 0.5) is 0 Å². The molecule has 2 aliphatic rings. The molecule has 2 aliphatic carbocycles. The van der Waals surface area contributed by atoms with Gasteiger partial charge in [0.1, 0.15) is 0 Å². The van der Waals surface area contributed by atoms with Crippen molar-refractivity contribution in [2.45, 2.75) is 18.9 Å². The number of rotatable bonds is 1. The van der Waals surface area contributed by atoms with E-state index in [1.54, 1.807) is 0 Å². The standard InChI is InChI=1S/C7H9N3/c8-10-9-7-5-1-2-6(7)4-3-5/h1-2,5-7H,3-4H2/t5-,6+,7?. The van der Waals surface area contributed by atoms with Crippen LogP contribution in [0.25, 0.3) is 10.4 Å². The van der Waals surface area contributed by atoms with Crippen molar-refractivity contribution in [2.24, 2.45) is 17.0 Å². The van der Waals surface area contributed by atoms with Gasteiger partial charge in [0, 0.05) is 11.0 Å². The normalized spacial score (nSPS) is 41.8. The summed E-state index contributed by atoms with van der Waals surface area (Å²) in [6, 6.07) is 0.255. The van der Waals surface area contributed by atoms with Crippen molar-refractivity contribution in [1.29, 1.82) is 0 Å². The lowest BCUT2D eigenvalue weighted by Crippen LogP contribution is -2.09. The van der Waals surface area contributed by atoms with Crippen molar-refractivity contribution in [3.05, 3.63) is 22.6 Å². The molecular weight excluding hydrogens is 126 g/mol. The van der Waals surface area contributed by atoms with E-state index in [4.69, 9.17) is 5.53 Å². The van der Waals surface area contributed by atoms with Crippen LogP contribution in [0.15, 0.2) is 17.3 Å². The zero-order chi connectivity index (χ0) is 6.97. The number of hydrogen-bond donors (Lipinski definition) is 0. The van der Waals surface area contributed by atoms with Crippen LogP contribution in [0, 0.1) is 11.8 Å². The topological polar surface area (TPSA) is 48.8 Å². The minimum absolute atomic E-state index is 0.255. The van der Waals surface area contributed by atoms with Gasteiger partial charge in [0.2, 0.25) is 0 Å². The first kappa shape index (κ1) is 5.81. The molecule has 1 unspecified atom stereocenters. The van der Waals surface area contributed by atoms with E-state index in [1.165, 1.54) is 12.8 Å². The molecule has 3 nitrogen and oxygen atoms in total. The lowest BCUT2D eigenvalue weighted by Gasteiger charge is -2.05. The second-order valence-corrected chi connectivity index (χ2v) is 2.99. The largest absolute Gasteiger partial charge is 0.0894 e. The maximum absolute atomic E-state index is 8.22. The van der Waals surface area contributed by atoms with Gasteiger partial charge in [-0.1, -0.05) is 17.3 Å². The molecule has 0 aromatic rings. The van der Waals surface area contributed by atoms with Crippen molar-refractivity contribution < 1.29 is 0 Å². The van der Waals surface area contributed by atoms with E-state index < -0.39 is 0 Å². The number of azide groups is 1. The highest BCUT2D eigenvalue weighted by atomic mass is 15.2. The van der Waals surface area contributed by atoms with Gasteiger partial charge in [-0.2, -0.15) is 0 Å². The summed E-state index contributed by atoms with van der Waals surface area (Å²) in [5.74, 6) is 1.11. The van der Waals surface area contributed by atoms with Gasteiger partial charge in [0.15, 0.2) is 0 Å². The zero-order valence-corrected chi connectivity index (χ0v) is 5.64. The molecule has 1 saturated carbocycles. The van der Waals surface area contributed by atoms with Crippen molar-refractivity contribution >= 4 is 0 Å². The third-order valence-corrected chi connectivity index (χ3v) is 2.50. The molecule has 3 heteroatoms. The summed E-state index contributed by atoms with van der Waals surface area (Å²) < 4.78 is 0. The van der Waals surface area contributed by atoms with Crippen LogP contribution in [-0.4, -0.2) is 6.04 Å². The minimum Gasteiger partial charge on any atom is -0.0894 e. The van der Waals surface area contributed by atoms with Crippen molar-refractivity contribution in [3.63, 3.8) is 0 Å². The smallest absolute Gasteiger partial charge is 0.0499 e. The highest BCUT2D eigenvalue weighted by molar-refractivity contribution is 5.14. The fourth-order valence-corrected chi connectivity index (χ4v) is 1.98. The summed E-state index contributed by atoms with van der Waals surface area (Å²) in [5.41, 5.74) is 8.22. The zero-order valence-electron chi connectivity index (χ0n) is 5.64. The number of fused-ring (bicyclic) bond motifs is 2. The van der Waals surface area contributed by atoms with Gasteiger partial charge in [-0.25, -0.2) is 0 Å². The molecule has 0 N–H and O–H groups in total. The van der Waals surface area contributed by atoms with E-state index >= 15 is 0 Å². The first-order chi connectivity index (χ1) is 4.92. The summed E-state index contributed by atoms with van der Waals surface area (Å²) in [6.07, 6.45) is 6.80. The van der Waals surface area contributed by atoms with Crippen LogP contribution < -0.4 is 0 Å². The molecule has 0 saturated heterocycles. The molecule has 52 valence electrons. The third kappa shape index (κ3) is 0.642. The van der Waals surface area contributed by atoms with Gasteiger partial charge in [0.05, 0.1) is 0 Å². The van der Waals surface area contributed by atoms with Gasteiger partial charge in [-0.05, 0) is 30.2 Å². The Hall–Kier alpha value is -0.950. The molecular formula is C7H9N3. The SMILES string of the molecule is [N-]=[N+]=NC1[C@@H]2C=C[C@H]1CC2. The first-order valence-electron chi connectivity index (χ1n) is 3.64. The molecule has 0 aromatic carbocycles. The van der Waals surface area contributed by atoms with Crippen LogP contribution >= 0.6 is 0 Å². The van der Waals surface area contributed by atoms with E-state index in [1.807, 2.05) is 0 Å². The first-order valence-corrected chi connectivity index (χ1v) is 3.64. The maximum Gasteiger partial charge on any atom is 0.0499 e. The molecule has 0 aliphatic heterocycles. The Balaban J connectivity index is 2.21. The average molecular weight is 135 g/mol. The van der Waals surface area contributed by atoms with E-state index in [2.05, 4.69) is 22.2 Å². The molecule has 1 fully saturated rings. The lowest BCUT2D eigenvalue weighted by molar-refractivity contribution is 0.557.